The molecule has 0 spiro atoms. The van der Waals surface area contributed by atoms with Gasteiger partial charge in [0.2, 0.25) is 11.8 Å². The summed E-state index contributed by atoms with van der Waals surface area (Å²) in [5.41, 5.74) is -0.0901. The molecule has 3 rings (SSSR count). The molecule has 1 aliphatic rings. The van der Waals surface area contributed by atoms with Crippen LogP contribution >= 0.6 is 11.6 Å². The van der Waals surface area contributed by atoms with Gasteiger partial charge in [0, 0.05) is 44.8 Å². The lowest BCUT2D eigenvalue weighted by atomic mass is 10.1. The molecule has 1 fully saturated rings. The van der Waals surface area contributed by atoms with Crippen molar-refractivity contribution in [1.82, 2.24) is 14.7 Å². The lowest BCUT2D eigenvalue weighted by molar-refractivity contribution is -0.139. The second kappa shape index (κ2) is 11.2. The van der Waals surface area contributed by atoms with E-state index < -0.39 is 23.7 Å². The van der Waals surface area contributed by atoms with Gasteiger partial charge in [0.1, 0.15) is 0 Å². The molecular formula is C24H28ClF3N4O2. The van der Waals surface area contributed by atoms with E-state index in [1.165, 1.54) is 35.7 Å². The van der Waals surface area contributed by atoms with E-state index in [0.717, 1.165) is 25.7 Å². The standard InChI is InChI=1S/C24H28ClF3N4O2/c1-17(32-13-11-31(12-14-32)15-18-7-9-19(25)10-8-18)23(34)30(2)16-22(33)29-21-6-4-3-5-20(21)24(26,27)28/h3-10,17H,11-16H2,1-2H3,(H,29,33)/t17-/m0/s1. The molecular weight excluding hydrogens is 469 g/mol. The largest absolute Gasteiger partial charge is 0.418 e. The SMILES string of the molecule is C[C@@H](C(=O)N(C)CC(=O)Nc1ccccc1C(F)(F)F)N1CCN(Cc2ccc(Cl)cc2)CC1. The normalized spacial score (nSPS) is 16.2. The van der Waals surface area contributed by atoms with Crippen LogP contribution in [0.2, 0.25) is 5.02 Å². The average molecular weight is 497 g/mol. The zero-order chi connectivity index (χ0) is 24.9. The molecule has 2 aromatic carbocycles. The first kappa shape index (κ1) is 26.0. The maximum atomic E-state index is 13.1. The smallest absolute Gasteiger partial charge is 0.335 e. The number of halogens is 4. The highest BCUT2D eigenvalue weighted by molar-refractivity contribution is 6.30. The molecule has 10 heteroatoms. The van der Waals surface area contributed by atoms with Gasteiger partial charge in [-0.3, -0.25) is 19.4 Å². The Morgan fingerprint density at radius 2 is 1.68 bits per heavy atom. The third-order valence-electron chi connectivity index (χ3n) is 5.89. The number of amides is 2. The first-order valence-corrected chi connectivity index (χ1v) is 11.3. The van der Waals surface area contributed by atoms with Crippen LogP contribution in [-0.2, 0) is 22.3 Å². The fourth-order valence-electron chi connectivity index (χ4n) is 3.95. The van der Waals surface area contributed by atoms with Crippen LogP contribution in [0.5, 0.6) is 0 Å². The highest BCUT2D eigenvalue weighted by atomic mass is 35.5. The van der Waals surface area contributed by atoms with Gasteiger partial charge < -0.3 is 10.2 Å². The van der Waals surface area contributed by atoms with E-state index >= 15 is 0 Å². The summed E-state index contributed by atoms with van der Waals surface area (Å²) in [6.45, 7) is 5.21. The van der Waals surface area contributed by atoms with Crippen LogP contribution in [0.4, 0.5) is 18.9 Å². The second-order valence-electron chi connectivity index (χ2n) is 8.40. The Labute approximate surface area is 202 Å². The zero-order valence-electron chi connectivity index (χ0n) is 19.1. The summed E-state index contributed by atoms with van der Waals surface area (Å²) < 4.78 is 39.4. The minimum atomic E-state index is -4.59. The van der Waals surface area contributed by atoms with E-state index in [2.05, 4.69) is 10.2 Å². The van der Waals surface area contributed by atoms with Crippen molar-refractivity contribution in [2.24, 2.45) is 0 Å². The number of carbonyl (C=O) groups excluding carboxylic acids is 2. The topological polar surface area (TPSA) is 55.9 Å². The van der Waals surface area contributed by atoms with E-state index in [0.29, 0.717) is 18.1 Å². The van der Waals surface area contributed by atoms with Gasteiger partial charge in [-0.25, -0.2) is 0 Å². The third-order valence-corrected chi connectivity index (χ3v) is 6.15. The molecule has 1 aliphatic heterocycles. The number of hydrogen-bond donors (Lipinski definition) is 1. The molecule has 6 nitrogen and oxygen atoms in total. The zero-order valence-corrected chi connectivity index (χ0v) is 19.9. The number of carbonyl (C=O) groups is 2. The maximum absolute atomic E-state index is 13.1. The summed E-state index contributed by atoms with van der Waals surface area (Å²) >= 11 is 5.93. The van der Waals surface area contributed by atoms with Crippen LogP contribution in [0.1, 0.15) is 18.1 Å². The van der Waals surface area contributed by atoms with Gasteiger partial charge in [0.05, 0.1) is 23.8 Å². The van der Waals surface area contributed by atoms with Crippen molar-refractivity contribution >= 4 is 29.1 Å². The highest BCUT2D eigenvalue weighted by Crippen LogP contribution is 2.34. The molecule has 0 aliphatic carbocycles. The Kier molecular flexibility index (Phi) is 8.57. The Morgan fingerprint density at radius 3 is 2.29 bits per heavy atom. The fourth-order valence-corrected chi connectivity index (χ4v) is 4.08. The predicted octanol–water partition coefficient (Wildman–Crippen LogP) is 3.96. The highest BCUT2D eigenvalue weighted by Gasteiger charge is 2.34. The average Bonchev–Trinajstić information content (AvgIpc) is 2.79. The van der Waals surface area contributed by atoms with E-state index in [9.17, 15) is 22.8 Å². The molecule has 0 saturated carbocycles. The lowest BCUT2D eigenvalue weighted by Crippen LogP contribution is -2.54. The van der Waals surface area contributed by atoms with Gasteiger partial charge >= 0.3 is 6.18 Å². The van der Waals surface area contributed by atoms with Crippen molar-refractivity contribution in [3.05, 3.63) is 64.7 Å². The third kappa shape index (κ3) is 6.94. The first-order chi connectivity index (χ1) is 16.0. The summed E-state index contributed by atoms with van der Waals surface area (Å²) in [6, 6.07) is 12.0. The fraction of sp³-hybridized carbons (Fsp3) is 0.417. The number of anilines is 1. The quantitative estimate of drug-likeness (QED) is 0.630. The van der Waals surface area contributed by atoms with Crippen LogP contribution < -0.4 is 5.32 Å². The molecule has 0 radical (unpaired) electrons. The Morgan fingerprint density at radius 1 is 1.06 bits per heavy atom. The lowest BCUT2D eigenvalue weighted by Gasteiger charge is -2.38. The van der Waals surface area contributed by atoms with Crippen molar-refractivity contribution in [2.45, 2.75) is 25.7 Å². The number of para-hydroxylation sites is 1. The van der Waals surface area contributed by atoms with Gasteiger partial charge in [0.25, 0.3) is 0 Å². The van der Waals surface area contributed by atoms with E-state index in [4.69, 9.17) is 11.6 Å². The summed E-state index contributed by atoms with van der Waals surface area (Å²) in [6.07, 6.45) is -4.59. The van der Waals surface area contributed by atoms with Gasteiger partial charge in [-0.05, 0) is 36.8 Å². The minimum Gasteiger partial charge on any atom is -0.335 e. The van der Waals surface area contributed by atoms with Crippen LogP contribution in [0, 0.1) is 0 Å². The summed E-state index contributed by atoms with van der Waals surface area (Å²) in [5, 5.41) is 2.97. The number of alkyl halides is 3. The number of nitrogens with zero attached hydrogens (tertiary/aromatic N) is 3. The molecule has 1 saturated heterocycles. The first-order valence-electron chi connectivity index (χ1n) is 11.0. The molecule has 0 unspecified atom stereocenters. The minimum absolute atomic E-state index is 0.259. The van der Waals surface area contributed by atoms with Crippen LogP contribution in [0.15, 0.2) is 48.5 Å². The van der Waals surface area contributed by atoms with E-state index in [1.807, 2.05) is 29.2 Å². The van der Waals surface area contributed by atoms with Crippen molar-refractivity contribution in [3.8, 4) is 0 Å². The number of rotatable bonds is 7. The summed E-state index contributed by atoms with van der Waals surface area (Å²) in [4.78, 5) is 30.8. The van der Waals surface area contributed by atoms with Gasteiger partial charge in [-0.15, -0.1) is 0 Å². The van der Waals surface area contributed by atoms with Crippen molar-refractivity contribution < 1.29 is 22.8 Å². The number of hydrogen-bond acceptors (Lipinski definition) is 4. The number of piperazine rings is 1. The van der Waals surface area contributed by atoms with Crippen LogP contribution in [0.25, 0.3) is 0 Å². The van der Waals surface area contributed by atoms with Gasteiger partial charge in [0.15, 0.2) is 0 Å². The molecule has 1 atom stereocenters. The van der Waals surface area contributed by atoms with E-state index in [1.54, 1.807) is 6.92 Å². The second-order valence-corrected chi connectivity index (χ2v) is 8.84. The Balaban J connectivity index is 1.49. The van der Waals surface area contributed by atoms with Crippen LogP contribution in [0.3, 0.4) is 0 Å². The summed E-state index contributed by atoms with van der Waals surface area (Å²) in [5.74, 6) is -0.946. The molecule has 1 N–H and O–H groups in total. The number of likely N-dealkylation sites (N-methyl/N-ethyl adjacent to an activating group) is 1. The Hall–Kier alpha value is -2.62. The number of benzene rings is 2. The van der Waals surface area contributed by atoms with Gasteiger partial charge in [-0.2, -0.15) is 13.2 Å². The molecule has 1 heterocycles. The monoisotopic (exact) mass is 496 g/mol. The predicted molar refractivity (Wildman–Crippen MR) is 125 cm³/mol. The summed E-state index contributed by atoms with van der Waals surface area (Å²) in [7, 11) is 1.48. The maximum Gasteiger partial charge on any atom is 0.418 e. The Bertz CT molecular complexity index is 992. The molecule has 2 aromatic rings. The van der Waals surface area contributed by atoms with Crippen molar-refractivity contribution in [3.63, 3.8) is 0 Å². The van der Waals surface area contributed by atoms with Crippen molar-refractivity contribution in [1.29, 1.82) is 0 Å². The van der Waals surface area contributed by atoms with E-state index in [-0.39, 0.29) is 18.1 Å². The molecule has 0 aromatic heterocycles. The van der Waals surface area contributed by atoms with Gasteiger partial charge in [-0.1, -0.05) is 35.9 Å². The molecule has 0 bridgehead atoms. The van der Waals surface area contributed by atoms with Crippen LogP contribution in [-0.4, -0.2) is 72.3 Å². The molecule has 184 valence electrons. The molecule has 2 amide bonds. The molecule has 34 heavy (non-hydrogen) atoms. The van der Waals surface area contributed by atoms with Crippen molar-refractivity contribution in [2.75, 3.05) is 45.1 Å². The number of nitrogens with one attached hydrogen (secondary N) is 1.